The van der Waals surface area contributed by atoms with E-state index < -0.39 is 0 Å². The van der Waals surface area contributed by atoms with Gasteiger partial charge in [-0.25, -0.2) is 0 Å². The number of nitrogens with zero attached hydrogens (tertiary/aromatic N) is 1. The summed E-state index contributed by atoms with van der Waals surface area (Å²) in [7, 11) is 2.22. The highest BCUT2D eigenvalue weighted by Crippen LogP contribution is 2.33. The number of halogens is 1. The van der Waals surface area contributed by atoms with Crippen molar-refractivity contribution in [2.45, 2.75) is 30.5 Å². The summed E-state index contributed by atoms with van der Waals surface area (Å²) in [5, 5.41) is 0. The Morgan fingerprint density at radius 3 is 3.00 bits per heavy atom. The Kier molecular flexibility index (Phi) is 5.07. The summed E-state index contributed by atoms with van der Waals surface area (Å²) in [5.74, 6) is 1.70. The van der Waals surface area contributed by atoms with E-state index in [1.807, 2.05) is 0 Å². The zero-order valence-corrected chi connectivity index (χ0v) is 12.8. The first-order valence-electron chi connectivity index (χ1n) is 6.71. The lowest BCUT2D eigenvalue weighted by molar-refractivity contribution is 0.231. The van der Waals surface area contributed by atoms with Gasteiger partial charge in [0.1, 0.15) is 5.75 Å². The Bertz CT molecular complexity index is 381. The van der Waals surface area contributed by atoms with Crippen LogP contribution >= 0.6 is 15.9 Å². The van der Waals surface area contributed by atoms with Crippen LogP contribution in [-0.4, -0.2) is 36.5 Å². The van der Waals surface area contributed by atoms with Gasteiger partial charge in [0.2, 0.25) is 0 Å². The van der Waals surface area contributed by atoms with Gasteiger partial charge in [-0.3, -0.25) is 0 Å². The number of para-hydroxylation sites is 1. The second kappa shape index (κ2) is 6.58. The van der Waals surface area contributed by atoms with Crippen molar-refractivity contribution in [3.8, 4) is 5.75 Å². The van der Waals surface area contributed by atoms with E-state index in [2.05, 4.69) is 59.1 Å². The van der Waals surface area contributed by atoms with E-state index in [0.29, 0.717) is 10.7 Å². The zero-order valence-electron chi connectivity index (χ0n) is 11.2. The normalized spacial score (nSPS) is 20.3. The van der Waals surface area contributed by atoms with E-state index in [1.54, 1.807) is 0 Å². The minimum absolute atomic E-state index is 0.599. The third kappa shape index (κ3) is 3.72. The maximum atomic E-state index is 5.71. The number of likely N-dealkylation sites (N-methyl/N-ethyl adjacent to an activating group) is 1. The van der Waals surface area contributed by atoms with E-state index >= 15 is 0 Å². The Morgan fingerprint density at radius 2 is 2.22 bits per heavy atom. The molecular weight excluding hydrogens is 290 g/mol. The molecule has 2 nitrogen and oxygen atoms in total. The van der Waals surface area contributed by atoms with E-state index in [-0.39, 0.29) is 0 Å². The largest absolute Gasteiger partial charge is 0.493 e. The molecule has 0 aliphatic carbocycles. The molecule has 1 aromatic carbocycles. The quantitative estimate of drug-likeness (QED) is 0.770. The fourth-order valence-corrected chi connectivity index (χ4v) is 2.68. The van der Waals surface area contributed by atoms with Crippen LogP contribution < -0.4 is 4.74 Å². The van der Waals surface area contributed by atoms with Crippen LogP contribution in [0.4, 0.5) is 0 Å². The molecule has 1 aliphatic rings. The van der Waals surface area contributed by atoms with Gasteiger partial charge < -0.3 is 9.64 Å². The van der Waals surface area contributed by atoms with E-state index in [9.17, 15) is 0 Å². The van der Waals surface area contributed by atoms with Crippen molar-refractivity contribution in [2.75, 3.05) is 26.7 Å². The fraction of sp³-hybridized carbons (Fsp3) is 0.600. The van der Waals surface area contributed by atoms with Crippen LogP contribution in [0, 0.1) is 0 Å². The Balaban J connectivity index is 1.94. The minimum Gasteiger partial charge on any atom is -0.493 e. The number of rotatable bonds is 5. The van der Waals surface area contributed by atoms with Gasteiger partial charge in [0.05, 0.1) is 6.61 Å². The molecule has 0 saturated carbocycles. The minimum atomic E-state index is 0.599. The average Bonchev–Trinajstić information content (AvgIpc) is 2.37. The molecule has 0 N–H and O–H groups in total. The van der Waals surface area contributed by atoms with Crippen LogP contribution in [0.3, 0.4) is 0 Å². The lowest BCUT2D eigenvalue weighted by Gasteiger charge is -2.29. The third-order valence-corrected chi connectivity index (χ3v) is 3.98. The van der Waals surface area contributed by atoms with Crippen LogP contribution in [-0.2, 0) is 0 Å². The standard InChI is InChI=1S/C15H22BrNO/c1-12(16)7-9-17(2)11-13-8-10-18-15-6-4-3-5-14(13)15/h3-6,12-13H,7-11H2,1-2H3. The first-order chi connectivity index (χ1) is 8.66. The van der Waals surface area contributed by atoms with Gasteiger partial charge in [0.15, 0.2) is 0 Å². The first-order valence-corrected chi connectivity index (χ1v) is 7.62. The smallest absolute Gasteiger partial charge is 0.122 e. The second-order valence-electron chi connectivity index (χ2n) is 5.20. The molecule has 1 aromatic rings. The molecule has 0 spiro atoms. The lowest BCUT2D eigenvalue weighted by atomic mass is 9.92. The van der Waals surface area contributed by atoms with Crippen molar-refractivity contribution >= 4 is 15.9 Å². The topological polar surface area (TPSA) is 12.5 Å². The van der Waals surface area contributed by atoms with Crippen LogP contribution in [0.15, 0.2) is 24.3 Å². The van der Waals surface area contributed by atoms with Crippen LogP contribution in [0.2, 0.25) is 0 Å². The van der Waals surface area contributed by atoms with Gasteiger partial charge in [-0.05, 0) is 38.1 Å². The molecule has 100 valence electrons. The summed E-state index contributed by atoms with van der Waals surface area (Å²) in [5.41, 5.74) is 1.38. The van der Waals surface area contributed by atoms with E-state index in [4.69, 9.17) is 4.74 Å². The number of hydrogen-bond acceptors (Lipinski definition) is 2. The van der Waals surface area contributed by atoms with Crippen LogP contribution in [0.5, 0.6) is 5.75 Å². The van der Waals surface area contributed by atoms with Crippen molar-refractivity contribution in [3.63, 3.8) is 0 Å². The molecule has 0 saturated heterocycles. The molecular formula is C15H22BrNO. The maximum Gasteiger partial charge on any atom is 0.122 e. The number of fused-ring (bicyclic) bond motifs is 1. The first kappa shape index (κ1) is 13.9. The summed E-state index contributed by atoms with van der Waals surface area (Å²) in [6.45, 7) is 5.33. The summed E-state index contributed by atoms with van der Waals surface area (Å²) in [6.07, 6.45) is 2.33. The second-order valence-corrected chi connectivity index (χ2v) is 6.77. The van der Waals surface area contributed by atoms with Gasteiger partial charge in [-0.2, -0.15) is 0 Å². The molecule has 0 bridgehead atoms. The third-order valence-electron chi connectivity index (χ3n) is 3.52. The molecule has 1 aliphatic heterocycles. The molecule has 1 heterocycles. The Morgan fingerprint density at radius 1 is 1.44 bits per heavy atom. The summed E-state index contributed by atoms with van der Waals surface area (Å²) in [4.78, 5) is 3.03. The van der Waals surface area contributed by atoms with Crippen molar-refractivity contribution in [1.29, 1.82) is 0 Å². The van der Waals surface area contributed by atoms with Gasteiger partial charge >= 0.3 is 0 Å². The van der Waals surface area contributed by atoms with Crippen molar-refractivity contribution in [2.24, 2.45) is 0 Å². The fourth-order valence-electron chi connectivity index (χ4n) is 2.47. The summed E-state index contributed by atoms with van der Waals surface area (Å²) >= 11 is 3.61. The highest BCUT2D eigenvalue weighted by Gasteiger charge is 2.22. The summed E-state index contributed by atoms with van der Waals surface area (Å²) < 4.78 is 5.71. The lowest BCUT2D eigenvalue weighted by Crippen LogP contribution is -2.29. The molecule has 0 fully saturated rings. The number of alkyl halides is 1. The molecule has 2 atom stereocenters. The van der Waals surface area contributed by atoms with Crippen molar-refractivity contribution in [1.82, 2.24) is 4.90 Å². The average molecular weight is 312 g/mol. The van der Waals surface area contributed by atoms with Crippen LogP contribution in [0.1, 0.15) is 31.2 Å². The molecule has 2 rings (SSSR count). The highest BCUT2D eigenvalue weighted by molar-refractivity contribution is 9.09. The number of hydrogen-bond donors (Lipinski definition) is 0. The Hall–Kier alpha value is -0.540. The molecule has 0 aromatic heterocycles. The number of benzene rings is 1. The van der Waals surface area contributed by atoms with E-state index in [1.165, 1.54) is 12.0 Å². The van der Waals surface area contributed by atoms with E-state index in [0.717, 1.165) is 31.9 Å². The highest BCUT2D eigenvalue weighted by atomic mass is 79.9. The molecule has 2 unspecified atom stereocenters. The van der Waals surface area contributed by atoms with Crippen molar-refractivity contribution in [3.05, 3.63) is 29.8 Å². The molecule has 18 heavy (non-hydrogen) atoms. The molecule has 0 amide bonds. The van der Waals surface area contributed by atoms with Crippen LogP contribution in [0.25, 0.3) is 0 Å². The maximum absolute atomic E-state index is 5.71. The van der Waals surface area contributed by atoms with Gasteiger partial charge in [0, 0.05) is 17.3 Å². The predicted octanol–water partition coefficient (Wildman–Crippen LogP) is 3.66. The van der Waals surface area contributed by atoms with Gasteiger partial charge in [-0.1, -0.05) is 41.1 Å². The predicted molar refractivity (Wildman–Crippen MR) is 79.8 cm³/mol. The summed E-state index contributed by atoms with van der Waals surface area (Å²) in [6, 6.07) is 8.46. The van der Waals surface area contributed by atoms with Gasteiger partial charge in [0.25, 0.3) is 0 Å². The molecule has 3 heteroatoms. The van der Waals surface area contributed by atoms with Crippen molar-refractivity contribution < 1.29 is 4.74 Å². The molecule has 0 radical (unpaired) electrons. The Labute approximate surface area is 118 Å². The monoisotopic (exact) mass is 311 g/mol. The van der Waals surface area contributed by atoms with Gasteiger partial charge in [-0.15, -0.1) is 0 Å². The zero-order chi connectivity index (χ0) is 13.0. The number of ether oxygens (including phenoxy) is 1. The SMILES string of the molecule is CC(Br)CCN(C)CC1CCOc2ccccc21.